The molecule has 0 saturated carbocycles. The number of aryl methyl sites for hydroxylation is 2. The molecule has 5 nitrogen and oxygen atoms in total. The van der Waals surface area contributed by atoms with Crippen LogP contribution in [0.2, 0.25) is 0 Å². The predicted molar refractivity (Wildman–Crippen MR) is 104 cm³/mol. The number of likely N-dealkylation sites (N-methyl/N-ethyl adjacent to an activating group) is 1. The Hall–Kier alpha value is -2.66. The summed E-state index contributed by atoms with van der Waals surface area (Å²) >= 11 is 0. The van der Waals surface area contributed by atoms with E-state index < -0.39 is 0 Å². The first-order chi connectivity index (χ1) is 12.4. The van der Waals surface area contributed by atoms with Crippen LogP contribution in [0.4, 0.5) is 5.69 Å². The van der Waals surface area contributed by atoms with E-state index in [1.165, 1.54) is 5.56 Å². The molecular formula is C21H25N3O2. The lowest BCUT2D eigenvalue weighted by atomic mass is 10.1. The molecule has 0 unspecified atom stereocenters. The third-order valence-corrected chi connectivity index (χ3v) is 4.93. The van der Waals surface area contributed by atoms with Crippen molar-refractivity contribution in [2.45, 2.75) is 13.8 Å². The summed E-state index contributed by atoms with van der Waals surface area (Å²) in [6.45, 7) is 7.23. The SMILES string of the molecule is Cc1ccc(NC(=O)c2cccc(C(=O)N3CCN(C)CC3)c2)cc1C. The van der Waals surface area contributed by atoms with Crippen molar-refractivity contribution in [3.63, 3.8) is 0 Å². The van der Waals surface area contributed by atoms with Gasteiger partial charge in [0, 0.05) is 43.0 Å². The van der Waals surface area contributed by atoms with Crippen LogP contribution in [0, 0.1) is 13.8 Å². The van der Waals surface area contributed by atoms with Crippen LogP contribution < -0.4 is 5.32 Å². The van der Waals surface area contributed by atoms with Crippen molar-refractivity contribution in [3.8, 4) is 0 Å². The molecule has 2 amide bonds. The number of carbonyl (C=O) groups is 2. The van der Waals surface area contributed by atoms with Crippen LogP contribution >= 0.6 is 0 Å². The number of nitrogens with one attached hydrogen (secondary N) is 1. The summed E-state index contributed by atoms with van der Waals surface area (Å²) in [5.41, 5.74) is 4.11. The van der Waals surface area contributed by atoms with Crippen LogP contribution in [-0.4, -0.2) is 54.8 Å². The molecule has 1 fully saturated rings. The average Bonchev–Trinajstić information content (AvgIpc) is 2.65. The second-order valence-corrected chi connectivity index (χ2v) is 6.93. The number of carbonyl (C=O) groups excluding carboxylic acids is 2. The van der Waals surface area contributed by atoms with E-state index in [0.717, 1.165) is 24.3 Å². The first-order valence-electron chi connectivity index (χ1n) is 8.90. The molecule has 1 aliphatic heterocycles. The van der Waals surface area contributed by atoms with Crippen molar-refractivity contribution in [1.29, 1.82) is 0 Å². The van der Waals surface area contributed by atoms with Gasteiger partial charge in [0.1, 0.15) is 0 Å². The van der Waals surface area contributed by atoms with Crippen LogP contribution in [0.25, 0.3) is 0 Å². The summed E-state index contributed by atoms with van der Waals surface area (Å²) in [4.78, 5) is 29.3. The number of benzene rings is 2. The van der Waals surface area contributed by atoms with Crippen molar-refractivity contribution in [1.82, 2.24) is 9.80 Å². The second-order valence-electron chi connectivity index (χ2n) is 6.93. The molecule has 1 aliphatic rings. The molecule has 0 aromatic heterocycles. The Morgan fingerprint density at radius 3 is 2.27 bits per heavy atom. The topological polar surface area (TPSA) is 52.7 Å². The summed E-state index contributed by atoms with van der Waals surface area (Å²) in [5, 5.41) is 2.91. The normalized spacial score (nSPS) is 15.0. The van der Waals surface area contributed by atoms with Crippen molar-refractivity contribution in [3.05, 3.63) is 64.7 Å². The molecule has 1 saturated heterocycles. The molecule has 5 heteroatoms. The Balaban J connectivity index is 1.72. The fourth-order valence-electron chi connectivity index (χ4n) is 3.01. The molecule has 26 heavy (non-hydrogen) atoms. The number of anilines is 1. The highest BCUT2D eigenvalue weighted by Crippen LogP contribution is 2.16. The minimum atomic E-state index is -0.207. The lowest BCUT2D eigenvalue weighted by Crippen LogP contribution is -2.47. The Kier molecular flexibility index (Phi) is 5.38. The summed E-state index contributed by atoms with van der Waals surface area (Å²) in [6, 6.07) is 12.8. The number of rotatable bonds is 3. The van der Waals surface area contributed by atoms with Gasteiger partial charge < -0.3 is 15.1 Å². The van der Waals surface area contributed by atoms with Gasteiger partial charge in [-0.15, -0.1) is 0 Å². The molecule has 0 radical (unpaired) electrons. The Morgan fingerprint density at radius 2 is 1.58 bits per heavy atom. The van der Waals surface area contributed by atoms with Crippen LogP contribution in [0.5, 0.6) is 0 Å². The molecule has 1 heterocycles. The van der Waals surface area contributed by atoms with Crippen molar-refractivity contribution < 1.29 is 9.59 Å². The number of hydrogen-bond acceptors (Lipinski definition) is 3. The highest BCUT2D eigenvalue weighted by Gasteiger charge is 2.21. The minimum Gasteiger partial charge on any atom is -0.336 e. The Bertz CT molecular complexity index is 824. The molecule has 0 aliphatic carbocycles. The fourth-order valence-corrected chi connectivity index (χ4v) is 3.01. The van der Waals surface area contributed by atoms with E-state index in [-0.39, 0.29) is 11.8 Å². The molecule has 0 atom stereocenters. The highest BCUT2D eigenvalue weighted by molar-refractivity contribution is 6.06. The van der Waals surface area contributed by atoms with Crippen LogP contribution in [-0.2, 0) is 0 Å². The summed E-state index contributed by atoms with van der Waals surface area (Å²) in [5.74, 6) is -0.222. The number of amides is 2. The zero-order chi connectivity index (χ0) is 18.7. The van der Waals surface area contributed by atoms with Crippen LogP contribution in [0.3, 0.4) is 0 Å². The minimum absolute atomic E-state index is 0.0149. The molecule has 3 rings (SSSR count). The molecular weight excluding hydrogens is 326 g/mol. The molecule has 2 aromatic rings. The van der Waals surface area contributed by atoms with E-state index in [9.17, 15) is 9.59 Å². The van der Waals surface area contributed by atoms with Gasteiger partial charge in [0.15, 0.2) is 0 Å². The first-order valence-corrected chi connectivity index (χ1v) is 8.90. The van der Waals surface area contributed by atoms with E-state index >= 15 is 0 Å². The van der Waals surface area contributed by atoms with Gasteiger partial charge in [-0.2, -0.15) is 0 Å². The van der Waals surface area contributed by atoms with E-state index in [4.69, 9.17) is 0 Å². The van der Waals surface area contributed by atoms with E-state index in [1.807, 2.05) is 36.9 Å². The summed E-state index contributed by atoms with van der Waals surface area (Å²) in [6.07, 6.45) is 0. The van der Waals surface area contributed by atoms with Gasteiger partial charge in [-0.25, -0.2) is 0 Å². The highest BCUT2D eigenvalue weighted by atomic mass is 16.2. The fraction of sp³-hybridized carbons (Fsp3) is 0.333. The molecule has 136 valence electrons. The molecule has 0 spiro atoms. The lowest BCUT2D eigenvalue weighted by Gasteiger charge is -2.32. The van der Waals surface area contributed by atoms with Gasteiger partial charge in [0.05, 0.1) is 0 Å². The van der Waals surface area contributed by atoms with Crippen molar-refractivity contribution >= 4 is 17.5 Å². The number of nitrogens with zero attached hydrogens (tertiary/aromatic N) is 2. The lowest BCUT2D eigenvalue weighted by molar-refractivity contribution is 0.0664. The smallest absolute Gasteiger partial charge is 0.255 e. The van der Waals surface area contributed by atoms with E-state index in [2.05, 4.69) is 17.3 Å². The zero-order valence-corrected chi connectivity index (χ0v) is 15.6. The van der Waals surface area contributed by atoms with Gasteiger partial charge in [0.25, 0.3) is 11.8 Å². The summed E-state index contributed by atoms with van der Waals surface area (Å²) < 4.78 is 0. The molecule has 2 aromatic carbocycles. The van der Waals surface area contributed by atoms with Crippen molar-refractivity contribution in [2.75, 3.05) is 38.5 Å². The standard InChI is InChI=1S/C21H25N3O2/c1-15-7-8-19(13-16(15)2)22-20(25)17-5-4-6-18(14-17)21(26)24-11-9-23(3)10-12-24/h4-8,13-14H,9-12H2,1-3H3,(H,22,25). The maximum atomic E-state index is 12.7. The second kappa shape index (κ2) is 7.70. The zero-order valence-electron chi connectivity index (χ0n) is 15.6. The third-order valence-electron chi connectivity index (χ3n) is 4.93. The van der Waals surface area contributed by atoms with Gasteiger partial charge >= 0.3 is 0 Å². The largest absolute Gasteiger partial charge is 0.336 e. The first kappa shape index (κ1) is 18.1. The number of piperazine rings is 1. The van der Waals surface area contributed by atoms with Gasteiger partial charge in [-0.3, -0.25) is 9.59 Å². The van der Waals surface area contributed by atoms with Gasteiger partial charge in [-0.1, -0.05) is 12.1 Å². The average molecular weight is 351 g/mol. The summed E-state index contributed by atoms with van der Waals surface area (Å²) in [7, 11) is 2.06. The Labute approximate surface area is 154 Å². The van der Waals surface area contributed by atoms with E-state index in [1.54, 1.807) is 24.3 Å². The van der Waals surface area contributed by atoms with Crippen LogP contribution in [0.1, 0.15) is 31.8 Å². The monoisotopic (exact) mass is 351 g/mol. The number of hydrogen-bond donors (Lipinski definition) is 1. The van der Waals surface area contributed by atoms with Crippen LogP contribution in [0.15, 0.2) is 42.5 Å². The third kappa shape index (κ3) is 4.11. The molecule has 1 N–H and O–H groups in total. The quantitative estimate of drug-likeness (QED) is 0.925. The maximum absolute atomic E-state index is 12.7. The molecule has 0 bridgehead atoms. The Morgan fingerprint density at radius 1 is 0.885 bits per heavy atom. The van der Waals surface area contributed by atoms with E-state index in [0.29, 0.717) is 24.2 Å². The van der Waals surface area contributed by atoms with Crippen molar-refractivity contribution in [2.24, 2.45) is 0 Å². The maximum Gasteiger partial charge on any atom is 0.255 e. The van der Waals surface area contributed by atoms with Gasteiger partial charge in [-0.05, 0) is 62.4 Å². The van der Waals surface area contributed by atoms with Gasteiger partial charge in [0.2, 0.25) is 0 Å². The predicted octanol–water partition coefficient (Wildman–Crippen LogP) is 2.94.